The quantitative estimate of drug-likeness (QED) is 0.645. The molecule has 0 aromatic heterocycles. The molecule has 2 heteroatoms. The number of nitrogens with zero attached hydrogens (tertiary/aromatic N) is 1. The molecule has 96 valence electrons. The molecule has 0 bridgehead atoms. The molecule has 1 fully saturated rings. The third-order valence-electron chi connectivity index (χ3n) is 3.94. The van der Waals surface area contributed by atoms with Gasteiger partial charge in [-0.3, -0.25) is 4.90 Å². The minimum atomic E-state index is 0.661. The molecule has 1 heterocycles. The average Bonchev–Trinajstić information content (AvgIpc) is 2.74. The van der Waals surface area contributed by atoms with E-state index in [0.29, 0.717) is 6.04 Å². The van der Waals surface area contributed by atoms with Crippen molar-refractivity contribution in [3.8, 4) is 0 Å². The maximum Gasteiger partial charge on any atom is 0.0218 e. The zero-order valence-corrected chi connectivity index (χ0v) is 11.3. The van der Waals surface area contributed by atoms with Crippen LogP contribution < -0.4 is 5.73 Å². The van der Waals surface area contributed by atoms with Gasteiger partial charge in [0, 0.05) is 19.1 Å². The third kappa shape index (κ3) is 4.42. The monoisotopic (exact) mass is 226 g/mol. The molecule has 0 amide bonds. The highest BCUT2D eigenvalue weighted by Gasteiger charge is 2.26. The third-order valence-corrected chi connectivity index (χ3v) is 3.94. The largest absolute Gasteiger partial charge is 0.329 e. The van der Waals surface area contributed by atoms with Gasteiger partial charge in [0.25, 0.3) is 0 Å². The number of hydrogen-bond donors (Lipinski definition) is 1. The predicted octanol–water partition coefficient (Wildman–Crippen LogP) is 3.02. The van der Waals surface area contributed by atoms with Gasteiger partial charge in [0.15, 0.2) is 0 Å². The van der Waals surface area contributed by atoms with Crippen LogP contribution in [0.15, 0.2) is 0 Å². The van der Waals surface area contributed by atoms with Crippen LogP contribution in [0.2, 0.25) is 0 Å². The summed E-state index contributed by atoms with van der Waals surface area (Å²) in [5, 5.41) is 0. The second-order valence-electron chi connectivity index (χ2n) is 5.32. The topological polar surface area (TPSA) is 29.3 Å². The smallest absolute Gasteiger partial charge is 0.0218 e. The molecular formula is C14H30N2. The Bertz CT molecular complexity index is 170. The van der Waals surface area contributed by atoms with Crippen LogP contribution in [0.3, 0.4) is 0 Å². The van der Waals surface area contributed by atoms with Gasteiger partial charge in [-0.1, -0.05) is 39.5 Å². The van der Waals surface area contributed by atoms with Crippen LogP contribution in [-0.2, 0) is 0 Å². The second kappa shape index (κ2) is 8.08. The van der Waals surface area contributed by atoms with Crippen molar-refractivity contribution in [2.45, 2.75) is 64.8 Å². The van der Waals surface area contributed by atoms with Crippen molar-refractivity contribution in [2.24, 2.45) is 11.7 Å². The highest BCUT2D eigenvalue weighted by atomic mass is 15.2. The highest BCUT2D eigenvalue weighted by molar-refractivity contribution is 4.81. The molecule has 0 spiro atoms. The van der Waals surface area contributed by atoms with Crippen molar-refractivity contribution >= 4 is 0 Å². The van der Waals surface area contributed by atoms with E-state index in [1.165, 1.54) is 58.0 Å². The number of rotatable bonds is 8. The Morgan fingerprint density at radius 3 is 2.69 bits per heavy atom. The summed E-state index contributed by atoms with van der Waals surface area (Å²) in [6.45, 7) is 8.01. The minimum Gasteiger partial charge on any atom is -0.329 e. The van der Waals surface area contributed by atoms with Gasteiger partial charge in [-0.2, -0.15) is 0 Å². The lowest BCUT2D eigenvalue weighted by Crippen LogP contribution is -2.39. The lowest BCUT2D eigenvalue weighted by atomic mass is 10.0. The van der Waals surface area contributed by atoms with Crippen LogP contribution in [0, 0.1) is 5.92 Å². The molecule has 1 aliphatic rings. The summed E-state index contributed by atoms with van der Waals surface area (Å²) in [6, 6.07) is 0.661. The van der Waals surface area contributed by atoms with E-state index in [0.717, 1.165) is 12.5 Å². The highest BCUT2D eigenvalue weighted by Crippen LogP contribution is 2.24. The Balaban J connectivity index is 2.25. The van der Waals surface area contributed by atoms with E-state index in [1.807, 2.05) is 0 Å². The van der Waals surface area contributed by atoms with Gasteiger partial charge in [0.1, 0.15) is 0 Å². The first kappa shape index (κ1) is 14.0. The fraction of sp³-hybridized carbons (Fsp3) is 1.00. The maximum atomic E-state index is 5.91. The van der Waals surface area contributed by atoms with Crippen LogP contribution in [0.4, 0.5) is 0 Å². The van der Waals surface area contributed by atoms with Crippen LogP contribution >= 0.6 is 0 Å². The molecule has 2 unspecified atom stereocenters. The molecule has 1 aliphatic heterocycles. The molecule has 2 atom stereocenters. The summed E-state index contributed by atoms with van der Waals surface area (Å²) in [5.41, 5.74) is 5.91. The van der Waals surface area contributed by atoms with Crippen molar-refractivity contribution < 1.29 is 0 Å². The van der Waals surface area contributed by atoms with E-state index in [2.05, 4.69) is 18.7 Å². The summed E-state index contributed by atoms with van der Waals surface area (Å²) in [6.07, 6.45) is 9.48. The maximum absolute atomic E-state index is 5.91. The molecule has 16 heavy (non-hydrogen) atoms. The van der Waals surface area contributed by atoms with Crippen LogP contribution in [0.25, 0.3) is 0 Å². The lowest BCUT2D eigenvalue weighted by molar-refractivity contribution is 0.221. The summed E-state index contributed by atoms with van der Waals surface area (Å²) >= 11 is 0. The first-order valence-corrected chi connectivity index (χ1v) is 7.25. The van der Waals surface area contributed by atoms with Gasteiger partial charge in [-0.15, -0.1) is 0 Å². The Morgan fingerprint density at radius 1 is 1.25 bits per heavy atom. The number of hydrogen-bond acceptors (Lipinski definition) is 2. The van der Waals surface area contributed by atoms with Crippen LogP contribution in [0.5, 0.6) is 0 Å². The Morgan fingerprint density at radius 2 is 2.06 bits per heavy atom. The van der Waals surface area contributed by atoms with Gasteiger partial charge < -0.3 is 5.73 Å². The van der Waals surface area contributed by atoms with Crippen molar-refractivity contribution in [1.29, 1.82) is 0 Å². The second-order valence-corrected chi connectivity index (χ2v) is 5.32. The van der Waals surface area contributed by atoms with Crippen LogP contribution in [-0.4, -0.2) is 30.6 Å². The molecule has 1 rings (SSSR count). The normalized spacial score (nSPS) is 23.8. The molecule has 1 saturated heterocycles. The van der Waals surface area contributed by atoms with Gasteiger partial charge in [-0.25, -0.2) is 0 Å². The first-order valence-electron chi connectivity index (χ1n) is 7.25. The first-order chi connectivity index (χ1) is 7.81. The molecule has 0 radical (unpaired) electrons. The Labute approximate surface area is 102 Å². The summed E-state index contributed by atoms with van der Waals surface area (Å²) in [7, 11) is 0. The Kier molecular flexibility index (Phi) is 7.06. The van der Waals surface area contributed by atoms with Crippen molar-refractivity contribution in [3.05, 3.63) is 0 Å². The molecular weight excluding hydrogens is 196 g/mol. The number of unbranched alkanes of at least 4 members (excludes halogenated alkanes) is 2. The van der Waals surface area contributed by atoms with Crippen molar-refractivity contribution in [3.63, 3.8) is 0 Å². The van der Waals surface area contributed by atoms with E-state index < -0.39 is 0 Å². The molecule has 0 saturated carbocycles. The predicted molar refractivity (Wildman–Crippen MR) is 71.6 cm³/mol. The van der Waals surface area contributed by atoms with Crippen molar-refractivity contribution in [2.75, 3.05) is 19.6 Å². The average molecular weight is 226 g/mol. The van der Waals surface area contributed by atoms with E-state index >= 15 is 0 Å². The zero-order valence-electron chi connectivity index (χ0n) is 11.3. The summed E-state index contributed by atoms with van der Waals surface area (Å²) < 4.78 is 0. The fourth-order valence-corrected chi connectivity index (χ4v) is 2.92. The number of likely N-dealkylation sites (tertiary alicyclic amines) is 1. The van der Waals surface area contributed by atoms with Crippen LogP contribution in [0.1, 0.15) is 58.8 Å². The van der Waals surface area contributed by atoms with E-state index in [-0.39, 0.29) is 0 Å². The molecule has 0 aromatic rings. The van der Waals surface area contributed by atoms with Gasteiger partial charge >= 0.3 is 0 Å². The van der Waals surface area contributed by atoms with Gasteiger partial charge in [0.05, 0.1) is 0 Å². The zero-order chi connectivity index (χ0) is 11.8. The lowest BCUT2D eigenvalue weighted by Gasteiger charge is -2.26. The number of nitrogens with two attached hydrogens (primary N) is 1. The Hall–Kier alpha value is -0.0800. The molecule has 2 nitrogen and oxygen atoms in total. The van der Waals surface area contributed by atoms with E-state index in [9.17, 15) is 0 Å². The van der Waals surface area contributed by atoms with E-state index in [4.69, 9.17) is 5.73 Å². The SMILES string of the molecule is CCCCCC(CN)N1CCC(CCC)C1. The van der Waals surface area contributed by atoms with Gasteiger partial charge in [-0.05, 0) is 31.7 Å². The van der Waals surface area contributed by atoms with Gasteiger partial charge in [0.2, 0.25) is 0 Å². The summed E-state index contributed by atoms with van der Waals surface area (Å²) in [4.78, 5) is 2.65. The molecule has 2 N–H and O–H groups in total. The van der Waals surface area contributed by atoms with Crippen molar-refractivity contribution in [1.82, 2.24) is 4.90 Å². The standard InChI is InChI=1S/C14H30N2/c1-3-5-6-8-14(11-15)16-10-9-13(12-16)7-4-2/h13-14H,3-12,15H2,1-2H3. The summed E-state index contributed by atoms with van der Waals surface area (Å²) in [5.74, 6) is 0.949. The van der Waals surface area contributed by atoms with E-state index in [1.54, 1.807) is 0 Å². The molecule has 0 aromatic carbocycles. The fourth-order valence-electron chi connectivity index (χ4n) is 2.92. The minimum absolute atomic E-state index is 0.661. The molecule has 0 aliphatic carbocycles.